The predicted molar refractivity (Wildman–Crippen MR) is 103 cm³/mol. The number of nitrogens with one attached hydrogen (secondary N) is 1. The Morgan fingerprint density at radius 2 is 1.92 bits per heavy atom. The first-order valence-electron chi connectivity index (χ1n) is 9.43. The van der Waals surface area contributed by atoms with E-state index in [0.29, 0.717) is 6.10 Å². The fourth-order valence-electron chi connectivity index (χ4n) is 3.16. The van der Waals surface area contributed by atoms with Gasteiger partial charge in [0.15, 0.2) is 5.96 Å². The highest BCUT2D eigenvalue weighted by molar-refractivity contribution is 5.79. The first kappa shape index (κ1) is 19.7. The van der Waals surface area contributed by atoms with Crippen molar-refractivity contribution in [2.75, 3.05) is 47.0 Å². The second kappa shape index (κ2) is 11.9. The van der Waals surface area contributed by atoms with Crippen molar-refractivity contribution in [2.24, 2.45) is 4.99 Å². The van der Waals surface area contributed by atoms with E-state index in [1.807, 2.05) is 7.05 Å². The lowest BCUT2D eigenvalue weighted by Gasteiger charge is -2.34. The van der Waals surface area contributed by atoms with E-state index in [4.69, 9.17) is 9.47 Å². The number of guanidine groups is 1. The number of piperidine rings is 1. The Hall–Kier alpha value is -1.59. The van der Waals surface area contributed by atoms with Gasteiger partial charge in [-0.1, -0.05) is 30.3 Å². The van der Waals surface area contributed by atoms with Crippen LogP contribution in [0.15, 0.2) is 35.3 Å². The molecule has 0 radical (unpaired) electrons. The van der Waals surface area contributed by atoms with E-state index in [2.05, 4.69) is 45.5 Å². The molecule has 0 aliphatic carbocycles. The molecule has 1 heterocycles. The Balaban J connectivity index is 1.61. The lowest BCUT2D eigenvalue weighted by molar-refractivity contribution is 0.00991. The smallest absolute Gasteiger partial charge is 0.193 e. The van der Waals surface area contributed by atoms with Gasteiger partial charge in [0.05, 0.1) is 6.10 Å². The maximum absolute atomic E-state index is 5.93. The molecular weight excluding hydrogens is 314 g/mol. The Labute approximate surface area is 152 Å². The molecular formula is C20H33N3O2. The van der Waals surface area contributed by atoms with Crippen LogP contribution in [-0.4, -0.2) is 64.0 Å². The lowest BCUT2D eigenvalue weighted by atomic mass is 10.1. The molecule has 1 fully saturated rings. The highest BCUT2D eigenvalue weighted by Gasteiger charge is 2.21. The zero-order valence-electron chi connectivity index (χ0n) is 15.7. The number of benzene rings is 1. The second-order valence-corrected chi connectivity index (χ2v) is 6.47. The van der Waals surface area contributed by atoms with Crippen molar-refractivity contribution >= 4 is 5.96 Å². The fraction of sp³-hybridized carbons (Fsp3) is 0.650. The number of ether oxygens (including phenoxy) is 2. The van der Waals surface area contributed by atoms with Crippen molar-refractivity contribution < 1.29 is 9.47 Å². The normalized spacial score (nSPS) is 16.2. The average molecular weight is 348 g/mol. The van der Waals surface area contributed by atoms with E-state index >= 15 is 0 Å². The summed E-state index contributed by atoms with van der Waals surface area (Å²) in [5, 5.41) is 3.50. The van der Waals surface area contributed by atoms with Gasteiger partial charge < -0.3 is 19.7 Å². The van der Waals surface area contributed by atoms with Crippen LogP contribution < -0.4 is 5.32 Å². The van der Waals surface area contributed by atoms with Crippen LogP contribution in [0, 0.1) is 0 Å². The molecule has 140 valence electrons. The summed E-state index contributed by atoms with van der Waals surface area (Å²) in [5.74, 6) is 1.02. The van der Waals surface area contributed by atoms with Crippen molar-refractivity contribution in [3.8, 4) is 0 Å². The van der Waals surface area contributed by atoms with Crippen molar-refractivity contribution in [3.63, 3.8) is 0 Å². The molecule has 5 nitrogen and oxygen atoms in total. The van der Waals surface area contributed by atoms with Crippen molar-refractivity contribution in [2.45, 2.75) is 38.2 Å². The number of hydrogen-bond donors (Lipinski definition) is 1. The van der Waals surface area contributed by atoms with Crippen LogP contribution in [0.25, 0.3) is 0 Å². The van der Waals surface area contributed by atoms with Crippen molar-refractivity contribution in [1.82, 2.24) is 10.2 Å². The zero-order valence-corrected chi connectivity index (χ0v) is 15.7. The molecule has 0 spiro atoms. The summed E-state index contributed by atoms with van der Waals surface area (Å²) in [6.45, 7) is 4.54. The molecule has 1 aliphatic heterocycles. The van der Waals surface area contributed by atoms with E-state index < -0.39 is 0 Å². The minimum atomic E-state index is 0.379. The summed E-state index contributed by atoms with van der Waals surface area (Å²) in [5.41, 5.74) is 1.39. The number of aryl methyl sites for hydroxylation is 1. The topological polar surface area (TPSA) is 46.1 Å². The quantitative estimate of drug-likeness (QED) is 0.424. The molecule has 0 amide bonds. The van der Waals surface area contributed by atoms with E-state index in [9.17, 15) is 0 Å². The largest absolute Gasteiger partial charge is 0.385 e. The summed E-state index contributed by atoms with van der Waals surface area (Å²) in [6, 6.07) is 10.6. The summed E-state index contributed by atoms with van der Waals surface area (Å²) < 4.78 is 11.0. The van der Waals surface area contributed by atoms with Gasteiger partial charge in [0.25, 0.3) is 0 Å². The first-order valence-corrected chi connectivity index (χ1v) is 9.43. The molecule has 25 heavy (non-hydrogen) atoms. The minimum Gasteiger partial charge on any atom is -0.385 e. The molecule has 1 aliphatic rings. The first-order chi connectivity index (χ1) is 12.3. The molecule has 2 rings (SSSR count). The Morgan fingerprint density at radius 3 is 2.60 bits per heavy atom. The molecule has 0 bridgehead atoms. The number of rotatable bonds is 9. The van der Waals surface area contributed by atoms with Crippen LogP contribution in [0.4, 0.5) is 0 Å². The number of methoxy groups -OCH3 is 1. The van der Waals surface area contributed by atoms with Crippen LogP contribution in [-0.2, 0) is 15.9 Å². The standard InChI is InChI=1S/C20H33N3O2/c1-21-20(22-13-6-10-18-8-4-3-5-9-18)23-14-11-19(12-15-23)25-17-7-16-24-2/h3-5,8-9,19H,6-7,10-17H2,1-2H3,(H,21,22). The third kappa shape index (κ3) is 7.45. The summed E-state index contributed by atoms with van der Waals surface area (Å²) in [7, 11) is 3.60. The fourth-order valence-corrected chi connectivity index (χ4v) is 3.16. The van der Waals surface area contributed by atoms with Gasteiger partial charge in [-0.3, -0.25) is 4.99 Å². The van der Waals surface area contributed by atoms with Gasteiger partial charge >= 0.3 is 0 Å². The molecule has 1 aromatic rings. The SMILES string of the molecule is CN=C(NCCCc1ccccc1)N1CCC(OCCCOC)CC1. The molecule has 0 aromatic heterocycles. The maximum atomic E-state index is 5.93. The third-order valence-corrected chi connectivity index (χ3v) is 4.57. The third-order valence-electron chi connectivity index (χ3n) is 4.57. The van der Waals surface area contributed by atoms with E-state index in [1.54, 1.807) is 7.11 Å². The number of hydrogen-bond acceptors (Lipinski definition) is 3. The molecule has 5 heteroatoms. The van der Waals surface area contributed by atoms with Gasteiger partial charge in [-0.15, -0.1) is 0 Å². The number of aliphatic imine (C=N–C) groups is 1. The minimum absolute atomic E-state index is 0.379. The Kier molecular flexibility index (Phi) is 9.37. The summed E-state index contributed by atoms with van der Waals surface area (Å²) >= 11 is 0. The molecule has 1 N–H and O–H groups in total. The lowest BCUT2D eigenvalue weighted by Crippen LogP contribution is -2.47. The highest BCUT2D eigenvalue weighted by atomic mass is 16.5. The van der Waals surface area contributed by atoms with Gasteiger partial charge in [-0.05, 0) is 37.7 Å². The zero-order chi connectivity index (χ0) is 17.7. The summed E-state index contributed by atoms with van der Waals surface area (Å²) in [4.78, 5) is 6.79. The summed E-state index contributed by atoms with van der Waals surface area (Å²) in [6.07, 6.45) is 5.70. The van der Waals surface area contributed by atoms with Crippen LogP contribution in [0.5, 0.6) is 0 Å². The molecule has 0 saturated carbocycles. The van der Waals surface area contributed by atoms with Gasteiger partial charge in [0.1, 0.15) is 0 Å². The Morgan fingerprint density at radius 1 is 1.16 bits per heavy atom. The molecule has 1 saturated heterocycles. The number of nitrogens with zero attached hydrogens (tertiary/aromatic N) is 2. The van der Waals surface area contributed by atoms with E-state index in [-0.39, 0.29) is 0 Å². The molecule has 0 unspecified atom stereocenters. The van der Waals surface area contributed by atoms with E-state index in [0.717, 1.165) is 70.9 Å². The second-order valence-electron chi connectivity index (χ2n) is 6.47. The van der Waals surface area contributed by atoms with Crippen LogP contribution in [0.2, 0.25) is 0 Å². The molecule has 1 aromatic carbocycles. The number of likely N-dealkylation sites (tertiary alicyclic amines) is 1. The Bertz CT molecular complexity index is 485. The van der Waals surface area contributed by atoms with Crippen LogP contribution in [0.3, 0.4) is 0 Å². The highest BCUT2D eigenvalue weighted by Crippen LogP contribution is 2.14. The van der Waals surface area contributed by atoms with Crippen LogP contribution in [0.1, 0.15) is 31.2 Å². The monoisotopic (exact) mass is 347 g/mol. The van der Waals surface area contributed by atoms with Gasteiger partial charge in [0.2, 0.25) is 0 Å². The predicted octanol–water partition coefficient (Wildman–Crippen LogP) is 2.71. The maximum Gasteiger partial charge on any atom is 0.193 e. The van der Waals surface area contributed by atoms with Crippen molar-refractivity contribution in [3.05, 3.63) is 35.9 Å². The van der Waals surface area contributed by atoms with Gasteiger partial charge in [0, 0.05) is 47.0 Å². The average Bonchev–Trinajstić information content (AvgIpc) is 2.67. The van der Waals surface area contributed by atoms with Gasteiger partial charge in [-0.2, -0.15) is 0 Å². The molecule has 0 atom stereocenters. The van der Waals surface area contributed by atoms with Crippen LogP contribution >= 0.6 is 0 Å². The van der Waals surface area contributed by atoms with Gasteiger partial charge in [-0.25, -0.2) is 0 Å². The van der Waals surface area contributed by atoms with E-state index in [1.165, 1.54) is 5.56 Å². The van der Waals surface area contributed by atoms with Crippen molar-refractivity contribution in [1.29, 1.82) is 0 Å².